The number of hydrogen-bond donors (Lipinski definition) is 1. The van der Waals surface area contributed by atoms with E-state index in [0.29, 0.717) is 5.56 Å². The van der Waals surface area contributed by atoms with E-state index in [-0.39, 0.29) is 0 Å². The third-order valence-electron chi connectivity index (χ3n) is 2.76. The van der Waals surface area contributed by atoms with Crippen molar-refractivity contribution in [2.75, 3.05) is 0 Å². The molecule has 0 bridgehead atoms. The molecule has 17 heavy (non-hydrogen) atoms. The second kappa shape index (κ2) is 3.70. The number of aromatic nitrogens is 1. The summed E-state index contributed by atoms with van der Waals surface area (Å²) in [6.45, 7) is 0. The number of fused-ring (bicyclic) bond motifs is 1. The lowest BCUT2D eigenvalue weighted by Crippen LogP contribution is -1.85. The normalized spacial score (nSPS) is 10.9. The Morgan fingerprint density at radius 2 is 1.65 bits per heavy atom. The summed E-state index contributed by atoms with van der Waals surface area (Å²) in [6, 6.07) is 13.6. The van der Waals surface area contributed by atoms with Crippen LogP contribution in [0, 0.1) is 11.6 Å². The largest absolute Gasteiger partial charge is 0.355 e. The van der Waals surface area contributed by atoms with Crippen molar-refractivity contribution in [3.63, 3.8) is 0 Å². The molecule has 0 unspecified atom stereocenters. The summed E-state index contributed by atoms with van der Waals surface area (Å²) in [5.41, 5.74) is 2.40. The lowest BCUT2D eigenvalue weighted by Gasteiger charge is -1.98. The third-order valence-corrected chi connectivity index (χ3v) is 2.76. The molecule has 1 aromatic heterocycles. The SMILES string of the molecule is Fc1ccc(-c2cc3ccccc3[nH]2)cc1F. The Kier molecular flexibility index (Phi) is 2.18. The van der Waals surface area contributed by atoms with Crippen LogP contribution in [0.25, 0.3) is 22.2 Å². The zero-order valence-corrected chi connectivity index (χ0v) is 8.87. The maximum atomic E-state index is 13.1. The van der Waals surface area contributed by atoms with Crippen LogP contribution in [0.4, 0.5) is 8.78 Å². The smallest absolute Gasteiger partial charge is 0.159 e. The van der Waals surface area contributed by atoms with E-state index in [0.717, 1.165) is 22.7 Å². The molecule has 0 atom stereocenters. The number of hydrogen-bond acceptors (Lipinski definition) is 0. The van der Waals surface area contributed by atoms with Crippen LogP contribution >= 0.6 is 0 Å². The molecule has 1 heterocycles. The first-order valence-electron chi connectivity index (χ1n) is 5.27. The van der Waals surface area contributed by atoms with Gasteiger partial charge in [-0.05, 0) is 30.3 Å². The molecule has 1 N–H and O–H groups in total. The van der Waals surface area contributed by atoms with E-state index in [1.807, 2.05) is 30.3 Å². The topological polar surface area (TPSA) is 15.8 Å². The number of halogens is 2. The van der Waals surface area contributed by atoms with Gasteiger partial charge >= 0.3 is 0 Å². The van der Waals surface area contributed by atoms with Crippen molar-refractivity contribution < 1.29 is 8.78 Å². The third kappa shape index (κ3) is 1.69. The Hall–Kier alpha value is -2.16. The van der Waals surface area contributed by atoms with Crippen LogP contribution in [-0.4, -0.2) is 4.98 Å². The standard InChI is InChI=1S/C14H9F2N/c15-11-6-5-10(7-12(11)16)14-8-9-3-1-2-4-13(9)17-14/h1-8,17H. The number of rotatable bonds is 1. The minimum absolute atomic E-state index is 0.639. The predicted octanol–water partition coefficient (Wildman–Crippen LogP) is 4.11. The van der Waals surface area contributed by atoms with Crippen molar-refractivity contribution in [3.05, 3.63) is 60.2 Å². The molecule has 0 radical (unpaired) electrons. The average Bonchev–Trinajstić information content (AvgIpc) is 2.76. The fraction of sp³-hybridized carbons (Fsp3) is 0. The highest BCUT2D eigenvalue weighted by Crippen LogP contribution is 2.25. The predicted molar refractivity (Wildman–Crippen MR) is 63.7 cm³/mol. The van der Waals surface area contributed by atoms with E-state index >= 15 is 0 Å². The minimum atomic E-state index is -0.832. The molecule has 0 aliphatic carbocycles. The maximum absolute atomic E-state index is 13.1. The van der Waals surface area contributed by atoms with Crippen LogP contribution in [-0.2, 0) is 0 Å². The molecule has 0 saturated carbocycles. The molecule has 1 nitrogen and oxygen atoms in total. The summed E-state index contributed by atoms with van der Waals surface area (Å²) in [4.78, 5) is 3.17. The van der Waals surface area contributed by atoms with Gasteiger partial charge in [-0.2, -0.15) is 0 Å². The van der Waals surface area contributed by atoms with Crippen LogP contribution in [0.2, 0.25) is 0 Å². The number of benzene rings is 2. The van der Waals surface area contributed by atoms with Gasteiger partial charge in [0.2, 0.25) is 0 Å². The highest BCUT2D eigenvalue weighted by Gasteiger charge is 2.06. The highest BCUT2D eigenvalue weighted by atomic mass is 19.2. The van der Waals surface area contributed by atoms with E-state index in [4.69, 9.17) is 0 Å². The van der Waals surface area contributed by atoms with Gasteiger partial charge in [0.1, 0.15) is 0 Å². The summed E-state index contributed by atoms with van der Waals surface area (Å²) < 4.78 is 26.0. The lowest BCUT2D eigenvalue weighted by atomic mass is 10.1. The zero-order chi connectivity index (χ0) is 11.8. The van der Waals surface area contributed by atoms with Gasteiger partial charge in [-0.3, -0.25) is 0 Å². The Bertz CT molecular complexity index is 653. The van der Waals surface area contributed by atoms with E-state index in [1.54, 1.807) is 6.07 Å². The highest BCUT2D eigenvalue weighted by molar-refractivity contribution is 5.85. The van der Waals surface area contributed by atoms with Gasteiger partial charge in [-0.1, -0.05) is 18.2 Å². The molecule has 0 aliphatic heterocycles. The first kappa shape index (κ1) is 10.0. The van der Waals surface area contributed by atoms with E-state index < -0.39 is 11.6 Å². The van der Waals surface area contributed by atoms with Crippen molar-refractivity contribution in [2.45, 2.75) is 0 Å². The number of nitrogens with one attached hydrogen (secondary N) is 1. The van der Waals surface area contributed by atoms with Crippen molar-refractivity contribution >= 4 is 10.9 Å². The summed E-state index contributed by atoms with van der Waals surface area (Å²) in [5, 5.41) is 1.05. The van der Waals surface area contributed by atoms with E-state index in [9.17, 15) is 8.78 Å². The molecular formula is C14H9F2N. The Labute approximate surface area is 96.7 Å². The molecule has 0 spiro atoms. The fourth-order valence-corrected chi connectivity index (χ4v) is 1.89. The van der Waals surface area contributed by atoms with Crippen LogP contribution in [0.5, 0.6) is 0 Å². The van der Waals surface area contributed by atoms with E-state index in [2.05, 4.69) is 4.98 Å². The Morgan fingerprint density at radius 1 is 0.824 bits per heavy atom. The molecule has 3 heteroatoms. The minimum Gasteiger partial charge on any atom is -0.355 e. The quantitative estimate of drug-likeness (QED) is 0.646. The van der Waals surface area contributed by atoms with Crippen LogP contribution in [0.15, 0.2) is 48.5 Å². The molecule has 0 saturated heterocycles. The summed E-state index contributed by atoms with van der Waals surface area (Å²) in [7, 11) is 0. The van der Waals surface area contributed by atoms with Gasteiger partial charge in [0.05, 0.1) is 0 Å². The molecule has 84 valence electrons. The first-order valence-corrected chi connectivity index (χ1v) is 5.27. The molecule has 0 amide bonds. The number of H-pyrrole nitrogens is 1. The van der Waals surface area contributed by atoms with Gasteiger partial charge in [0, 0.05) is 22.2 Å². The molecule has 0 fully saturated rings. The van der Waals surface area contributed by atoms with Crippen molar-refractivity contribution in [2.24, 2.45) is 0 Å². The molecule has 3 aromatic rings. The zero-order valence-electron chi connectivity index (χ0n) is 8.87. The number of aromatic amines is 1. The fourth-order valence-electron chi connectivity index (χ4n) is 1.89. The van der Waals surface area contributed by atoms with Gasteiger partial charge in [0.15, 0.2) is 11.6 Å². The van der Waals surface area contributed by atoms with Crippen molar-refractivity contribution in [1.29, 1.82) is 0 Å². The maximum Gasteiger partial charge on any atom is 0.159 e. The Morgan fingerprint density at radius 3 is 2.41 bits per heavy atom. The van der Waals surface area contributed by atoms with E-state index in [1.165, 1.54) is 6.07 Å². The monoisotopic (exact) mass is 229 g/mol. The molecule has 2 aromatic carbocycles. The lowest BCUT2D eigenvalue weighted by molar-refractivity contribution is 0.509. The van der Waals surface area contributed by atoms with Gasteiger partial charge in [0.25, 0.3) is 0 Å². The summed E-state index contributed by atoms with van der Waals surface area (Å²) in [5.74, 6) is -1.66. The van der Waals surface area contributed by atoms with Crippen LogP contribution in [0.1, 0.15) is 0 Å². The van der Waals surface area contributed by atoms with Gasteiger partial charge in [-0.15, -0.1) is 0 Å². The Balaban J connectivity index is 2.17. The van der Waals surface area contributed by atoms with Gasteiger partial charge < -0.3 is 4.98 Å². The molecular weight excluding hydrogens is 220 g/mol. The van der Waals surface area contributed by atoms with Crippen LogP contribution < -0.4 is 0 Å². The van der Waals surface area contributed by atoms with Crippen molar-refractivity contribution in [3.8, 4) is 11.3 Å². The average molecular weight is 229 g/mol. The summed E-state index contributed by atoms with van der Waals surface area (Å²) in [6.07, 6.45) is 0. The van der Waals surface area contributed by atoms with Gasteiger partial charge in [-0.25, -0.2) is 8.78 Å². The second-order valence-electron chi connectivity index (χ2n) is 3.90. The van der Waals surface area contributed by atoms with Crippen molar-refractivity contribution in [1.82, 2.24) is 4.98 Å². The summed E-state index contributed by atoms with van der Waals surface area (Å²) >= 11 is 0. The van der Waals surface area contributed by atoms with Crippen LogP contribution in [0.3, 0.4) is 0 Å². The number of para-hydroxylation sites is 1. The second-order valence-corrected chi connectivity index (χ2v) is 3.90. The molecule has 3 rings (SSSR count). The molecule has 0 aliphatic rings. The first-order chi connectivity index (χ1) is 8.24.